The molecular weight excluding hydrogens is 310 g/mol. The second kappa shape index (κ2) is 7.87. The first kappa shape index (κ1) is 17.1. The molecule has 0 bridgehead atoms. The van der Waals surface area contributed by atoms with Gasteiger partial charge >= 0.3 is 12.2 Å². The Labute approximate surface area is 139 Å². The van der Waals surface area contributed by atoms with Crippen molar-refractivity contribution in [1.29, 1.82) is 0 Å². The minimum Gasteiger partial charge on any atom is -0.434 e. The van der Waals surface area contributed by atoms with E-state index >= 15 is 0 Å². The van der Waals surface area contributed by atoms with Crippen LogP contribution in [-0.4, -0.2) is 18.8 Å². The van der Waals surface area contributed by atoms with Crippen molar-refractivity contribution in [3.05, 3.63) is 48.0 Å². The molecule has 2 amide bonds. The second-order valence-electron chi connectivity index (χ2n) is 4.98. The van der Waals surface area contributed by atoms with Gasteiger partial charge in [0.25, 0.3) is 0 Å². The highest BCUT2D eigenvalue weighted by molar-refractivity contribution is 6.01. The summed E-state index contributed by atoms with van der Waals surface area (Å²) >= 11 is 0. The normalized spacial score (nSPS) is 9.92. The highest BCUT2D eigenvalue weighted by Crippen LogP contribution is 2.20. The van der Waals surface area contributed by atoms with Gasteiger partial charge in [0.05, 0.1) is 18.0 Å². The number of urea groups is 1. The van der Waals surface area contributed by atoms with Crippen LogP contribution in [0, 0.1) is 6.92 Å². The van der Waals surface area contributed by atoms with Crippen LogP contribution in [0.1, 0.15) is 12.5 Å². The summed E-state index contributed by atoms with van der Waals surface area (Å²) < 4.78 is 9.61. The SMILES string of the molecule is CCOC(=O)Oc1ccc(NC(=O)Nc2ccc(C)cc2N)cc1. The molecule has 0 atom stereocenters. The molecule has 0 saturated heterocycles. The molecule has 0 heterocycles. The highest BCUT2D eigenvalue weighted by Gasteiger charge is 2.07. The number of nitrogen functional groups attached to an aromatic ring is 1. The molecule has 0 aromatic heterocycles. The molecule has 0 aliphatic heterocycles. The van der Waals surface area contributed by atoms with E-state index in [1.165, 1.54) is 0 Å². The molecule has 7 nitrogen and oxygen atoms in total. The van der Waals surface area contributed by atoms with E-state index in [0.717, 1.165) is 5.56 Å². The molecule has 0 aliphatic rings. The summed E-state index contributed by atoms with van der Waals surface area (Å²) in [6.45, 7) is 3.84. The topological polar surface area (TPSA) is 103 Å². The van der Waals surface area contributed by atoms with Crippen LogP contribution in [0.4, 0.5) is 26.7 Å². The van der Waals surface area contributed by atoms with Gasteiger partial charge in [0.1, 0.15) is 5.75 Å². The first-order valence-electron chi connectivity index (χ1n) is 7.36. The van der Waals surface area contributed by atoms with Crippen LogP contribution in [0.2, 0.25) is 0 Å². The summed E-state index contributed by atoms with van der Waals surface area (Å²) in [5.41, 5.74) is 8.41. The highest BCUT2D eigenvalue weighted by atomic mass is 16.7. The molecule has 2 aromatic carbocycles. The van der Waals surface area contributed by atoms with Gasteiger partial charge in [-0.15, -0.1) is 0 Å². The maximum Gasteiger partial charge on any atom is 0.513 e. The van der Waals surface area contributed by atoms with Gasteiger partial charge in [-0.25, -0.2) is 9.59 Å². The number of carbonyl (C=O) groups excluding carboxylic acids is 2. The molecule has 2 rings (SSSR count). The Hall–Kier alpha value is -3.22. The van der Waals surface area contributed by atoms with Crippen LogP contribution in [0.3, 0.4) is 0 Å². The maximum absolute atomic E-state index is 12.0. The summed E-state index contributed by atoms with van der Waals surface area (Å²) in [5.74, 6) is 0.321. The maximum atomic E-state index is 12.0. The predicted molar refractivity (Wildman–Crippen MR) is 92.3 cm³/mol. The first-order valence-corrected chi connectivity index (χ1v) is 7.36. The zero-order valence-electron chi connectivity index (χ0n) is 13.5. The van der Waals surface area contributed by atoms with Crippen molar-refractivity contribution in [3.8, 4) is 5.75 Å². The third kappa shape index (κ3) is 4.91. The lowest BCUT2D eigenvalue weighted by molar-refractivity contribution is 0.104. The third-order valence-electron chi connectivity index (χ3n) is 3.03. The lowest BCUT2D eigenvalue weighted by Gasteiger charge is -2.10. The Morgan fingerprint density at radius 1 is 1.08 bits per heavy atom. The molecule has 0 fully saturated rings. The fourth-order valence-electron chi connectivity index (χ4n) is 1.93. The van der Waals surface area contributed by atoms with Gasteiger partial charge in [0.15, 0.2) is 0 Å². The Balaban J connectivity index is 1.93. The zero-order valence-corrected chi connectivity index (χ0v) is 13.5. The van der Waals surface area contributed by atoms with Gasteiger partial charge in [0, 0.05) is 5.69 Å². The van der Waals surface area contributed by atoms with Gasteiger partial charge in [-0.2, -0.15) is 0 Å². The second-order valence-corrected chi connectivity index (χ2v) is 4.98. The molecule has 24 heavy (non-hydrogen) atoms. The van der Waals surface area contributed by atoms with Crippen LogP contribution in [-0.2, 0) is 4.74 Å². The summed E-state index contributed by atoms with van der Waals surface area (Å²) in [5, 5.41) is 5.33. The standard InChI is InChI=1S/C17H19N3O4/c1-3-23-17(22)24-13-7-5-12(6-8-13)19-16(21)20-15-9-4-11(2)10-14(15)18/h4-10H,3,18H2,1-2H3,(H2,19,20,21). The van der Waals surface area contributed by atoms with E-state index in [1.807, 2.05) is 13.0 Å². The fourth-order valence-corrected chi connectivity index (χ4v) is 1.93. The van der Waals surface area contributed by atoms with E-state index in [4.69, 9.17) is 10.5 Å². The van der Waals surface area contributed by atoms with Gasteiger partial charge in [-0.3, -0.25) is 0 Å². The largest absolute Gasteiger partial charge is 0.513 e. The summed E-state index contributed by atoms with van der Waals surface area (Å²) in [4.78, 5) is 23.2. The smallest absolute Gasteiger partial charge is 0.434 e. The number of aryl methyl sites for hydroxylation is 1. The van der Waals surface area contributed by atoms with E-state index in [9.17, 15) is 9.59 Å². The average molecular weight is 329 g/mol. The van der Waals surface area contributed by atoms with Crippen molar-refractivity contribution < 1.29 is 19.1 Å². The lowest BCUT2D eigenvalue weighted by Crippen LogP contribution is -2.20. The van der Waals surface area contributed by atoms with Crippen molar-refractivity contribution in [2.75, 3.05) is 23.0 Å². The average Bonchev–Trinajstić information content (AvgIpc) is 2.52. The molecule has 126 valence electrons. The number of nitrogens with two attached hydrogens (primary N) is 1. The van der Waals surface area contributed by atoms with Crippen molar-refractivity contribution in [2.45, 2.75) is 13.8 Å². The van der Waals surface area contributed by atoms with E-state index < -0.39 is 12.2 Å². The van der Waals surface area contributed by atoms with Crippen LogP contribution in [0.15, 0.2) is 42.5 Å². The molecule has 0 spiro atoms. The fraction of sp³-hybridized carbons (Fsp3) is 0.176. The number of benzene rings is 2. The molecular formula is C17H19N3O4. The quantitative estimate of drug-likeness (QED) is 0.450. The Morgan fingerprint density at radius 2 is 1.79 bits per heavy atom. The molecule has 7 heteroatoms. The van der Waals surface area contributed by atoms with Crippen LogP contribution < -0.4 is 21.1 Å². The predicted octanol–water partition coefficient (Wildman–Crippen LogP) is 3.76. The molecule has 0 radical (unpaired) electrons. The molecule has 0 unspecified atom stereocenters. The minimum absolute atomic E-state index is 0.237. The monoisotopic (exact) mass is 329 g/mol. The van der Waals surface area contributed by atoms with Crippen LogP contribution in [0.5, 0.6) is 5.75 Å². The number of amides is 2. The Morgan fingerprint density at radius 3 is 2.42 bits per heavy atom. The summed E-state index contributed by atoms with van der Waals surface area (Å²) in [6, 6.07) is 11.2. The first-order chi connectivity index (χ1) is 11.5. The Kier molecular flexibility index (Phi) is 5.62. The van der Waals surface area contributed by atoms with Gasteiger partial charge in [-0.1, -0.05) is 6.07 Å². The van der Waals surface area contributed by atoms with Crippen molar-refractivity contribution in [3.63, 3.8) is 0 Å². The van der Waals surface area contributed by atoms with Gasteiger partial charge in [0.2, 0.25) is 0 Å². The van der Waals surface area contributed by atoms with E-state index in [-0.39, 0.29) is 6.61 Å². The molecule has 2 aromatic rings. The zero-order chi connectivity index (χ0) is 17.5. The van der Waals surface area contributed by atoms with Crippen molar-refractivity contribution in [2.24, 2.45) is 0 Å². The minimum atomic E-state index is -0.772. The summed E-state index contributed by atoms with van der Waals surface area (Å²) in [7, 11) is 0. The number of hydrogen-bond acceptors (Lipinski definition) is 5. The van der Waals surface area contributed by atoms with E-state index in [0.29, 0.717) is 22.8 Å². The van der Waals surface area contributed by atoms with Gasteiger partial charge < -0.3 is 25.8 Å². The van der Waals surface area contributed by atoms with Crippen molar-refractivity contribution in [1.82, 2.24) is 0 Å². The van der Waals surface area contributed by atoms with Crippen LogP contribution >= 0.6 is 0 Å². The number of ether oxygens (including phenoxy) is 2. The number of hydrogen-bond donors (Lipinski definition) is 3. The van der Waals surface area contributed by atoms with Gasteiger partial charge in [-0.05, 0) is 55.8 Å². The molecule has 0 aliphatic carbocycles. The van der Waals surface area contributed by atoms with E-state index in [1.54, 1.807) is 43.3 Å². The molecule has 4 N–H and O–H groups in total. The molecule has 0 saturated carbocycles. The summed E-state index contributed by atoms with van der Waals surface area (Å²) in [6.07, 6.45) is -0.772. The lowest BCUT2D eigenvalue weighted by atomic mass is 10.2. The van der Waals surface area contributed by atoms with Crippen molar-refractivity contribution >= 4 is 29.2 Å². The number of nitrogens with one attached hydrogen (secondary N) is 2. The van der Waals surface area contributed by atoms with E-state index in [2.05, 4.69) is 15.4 Å². The third-order valence-corrected chi connectivity index (χ3v) is 3.03. The number of rotatable bonds is 4. The number of anilines is 3. The van der Waals surface area contributed by atoms with Crippen LogP contribution in [0.25, 0.3) is 0 Å². The number of carbonyl (C=O) groups is 2. The Bertz CT molecular complexity index is 729.